The summed E-state index contributed by atoms with van der Waals surface area (Å²) < 4.78 is 47.7. The lowest BCUT2D eigenvalue weighted by Crippen LogP contribution is -2.52. The summed E-state index contributed by atoms with van der Waals surface area (Å²) in [7, 11) is -2.88. The van der Waals surface area contributed by atoms with E-state index in [4.69, 9.17) is 5.73 Å². The Labute approximate surface area is 185 Å². The van der Waals surface area contributed by atoms with Crippen LogP contribution in [-0.4, -0.2) is 44.2 Å². The van der Waals surface area contributed by atoms with E-state index in [2.05, 4.69) is 19.7 Å². The van der Waals surface area contributed by atoms with Crippen LogP contribution in [0.4, 0.5) is 14.5 Å². The number of hydrogen-bond donors (Lipinski definition) is 2. The van der Waals surface area contributed by atoms with Gasteiger partial charge < -0.3 is 11.1 Å². The summed E-state index contributed by atoms with van der Waals surface area (Å²) in [5.41, 5.74) is 5.76. The van der Waals surface area contributed by atoms with Gasteiger partial charge in [0.25, 0.3) is 5.91 Å². The molecule has 2 aliphatic rings. The number of anilines is 1. The molecule has 0 aliphatic carbocycles. The lowest BCUT2D eigenvalue weighted by molar-refractivity contribution is 0.102. The van der Waals surface area contributed by atoms with Gasteiger partial charge in [-0.2, -0.15) is 0 Å². The van der Waals surface area contributed by atoms with Crippen molar-refractivity contribution >= 4 is 27.5 Å². The lowest BCUT2D eigenvalue weighted by atomic mass is 9.93. The van der Waals surface area contributed by atoms with Crippen molar-refractivity contribution in [3.05, 3.63) is 58.9 Å². The third-order valence-electron chi connectivity index (χ3n) is 5.56. The number of carbonyl (C=O) groups is 1. The van der Waals surface area contributed by atoms with Crippen LogP contribution in [0.15, 0.2) is 39.8 Å². The lowest BCUT2D eigenvalue weighted by Gasteiger charge is -2.38. The fourth-order valence-electron chi connectivity index (χ4n) is 4.00. The predicted molar refractivity (Wildman–Crippen MR) is 119 cm³/mol. The molecule has 0 saturated heterocycles. The number of aromatic nitrogens is 1. The number of guanidine groups is 1. The number of benzene rings is 1. The molecule has 3 N–H and O–H groups in total. The number of pyridine rings is 1. The van der Waals surface area contributed by atoms with Gasteiger partial charge in [-0.05, 0) is 56.5 Å². The molecule has 1 aromatic heterocycles. The first-order valence-electron chi connectivity index (χ1n) is 10.2. The molecule has 2 aromatic rings. The van der Waals surface area contributed by atoms with Crippen molar-refractivity contribution in [2.24, 2.45) is 15.1 Å². The second-order valence-corrected chi connectivity index (χ2v) is 10.3. The van der Waals surface area contributed by atoms with Gasteiger partial charge in [-0.15, -0.1) is 0 Å². The zero-order valence-electron chi connectivity index (χ0n) is 17.8. The van der Waals surface area contributed by atoms with Gasteiger partial charge in [0, 0.05) is 17.8 Å². The quantitative estimate of drug-likeness (QED) is 0.730. The highest BCUT2D eigenvalue weighted by atomic mass is 32.2. The maximum Gasteiger partial charge on any atom is 0.274 e. The summed E-state index contributed by atoms with van der Waals surface area (Å²) in [5.74, 6) is -1.63. The minimum Gasteiger partial charge on any atom is -0.369 e. The number of fused-ring (bicyclic) bond motifs is 1. The molecule has 0 spiro atoms. The summed E-state index contributed by atoms with van der Waals surface area (Å²) in [5, 5.41) is 2.65. The van der Waals surface area contributed by atoms with Crippen LogP contribution in [0, 0.1) is 18.6 Å². The van der Waals surface area contributed by atoms with Gasteiger partial charge in [0.05, 0.1) is 18.5 Å². The Hall–Kier alpha value is -3.08. The Morgan fingerprint density at radius 2 is 2.06 bits per heavy atom. The number of nitrogens with two attached hydrogens (primary N) is 1. The first kappa shape index (κ1) is 22.1. The number of hydrogen-bond acceptors (Lipinski definition) is 6. The van der Waals surface area contributed by atoms with E-state index >= 15 is 0 Å². The highest BCUT2D eigenvalue weighted by Crippen LogP contribution is 2.36. The Morgan fingerprint density at radius 3 is 2.81 bits per heavy atom. The van der Waals surface area contributed by atoms with Gasteiger partial charge in [-0.3, -0.25) is 9.10 Å². The molecule has 0 fully saturated rings. The number of aliphatic imine (C=N–C) groups is 1. The topological polar surface area (TPSA) is 113 Å². The van der Waals surface area contributed by atoms with E-state index in [-0.39, 0.29) is 23.0 Å². The van der Waals surface area contributed by atoms with Gasteiger partial charge in [0.2, 0.25) is 5.96 Å². The van der Waals surface area contributed by atoms with Gasteiger partial charge in [-0.1, -0.05) is 0 Å². The van der Waals surface area contributed by atoms with Gasteiger partial charge in [-0.25, -0.2) is 27.3 Å². The van der Waals surface area contributed by atoms with Gasteiger partial charge in [0.1, 0.15) is 32.8 Å². The number of rotatable bonds is 3. The molecule has 3 heterocycles. The van der Waals surface area contributed by atoms with Crippen LogP contribution in [0.5, 0.6) is 0 Å². The molecule has 2 aliphatic heterocycles. The van der Waals surface area contributed by atoms with Crippen molar-refractivity contribution in [1.29, 1.82) is 0 Å². The Bertz CT molecular complexity index is 1240. The van der Waals surface area contributed by atoms with E-state index < -0.39 is 33.0 Å². The van der Waals surface area contributed by atoms with Crippen molar-refractivity contribution < 1.29 is 17.8 Å². The van der Waals surface area contributed by atoms with Crippen LogP contribution in [0.3, 0.4) is 0 Å². The van der Waals surface area contributed by atoms with Crippen molar-refractivity contribution in [2.75, 3.05) is 24.2 Å². The maximum absolute atomic E-state index is 14.9. The SMILES string of the molecule is Cc1cc(F)cnc1C(=O)Nc1ccc(F)c([C@]2(C)C[S@@]3(=O)=NCCCCN3C(N)=N2)c1. The van der Waals surface area contributed by atoms with E-state index in [9.17, 15) is 17.8 Å². The molecule has 1 aromatic carbocycles. The molecule has 32 heavy (non-hydrogen) atoms. The Kier molecular flexibility index (Phi) is 5.61. The third-order valence-corrected chi connectivity index (χ3v) is 8.14. The summed E-state index contributed by atoms with van der Waals surface area (Å²) in [6.45, 7) is 4.15. The highest BCUT2D eigenvalue weighted by molar-refractivity contribution is 7.92. The van der Waals surface area contributed by atoms with Crippen LogP contribution in [0.25, 0.3) is 0 Å². The molecule has 0 radical (unpaired) electrons. The molecule has 8 nitrogen and oxygen atoms in total. The number of nitrogens with zero attached hydrogens (tertiary/aromatic N) is 4. The number of amides is 1. The second kappa shape index (κ2) is 8.12. The summed E-state index contributed by atoms with van der Waals surface area (Å²) in [6.07, 6.45) is 2.54. The summed E-state index contributed by atoms with van der Waals surface area (Å²) in [4.78, 5) is 21.0. The first-order chi connectivity index (χ1) is 15.1. The van der Waals surface area contributed by atoms with E-state index in [0.717, 1.165) is 19.0 Å². The van der Waals surface area contributed by atoms with E-state index in [0.29, 0.717) is 24.3 Å². The smallest absolute Gasteiger partial charge is 0.274 e. The number of aryl methyl sites for hydroxylation is 1. The van der Waals surface area contributed by atoms with Crippen molar-refractivity contribution in [3.63, 3.8) is 0 Å². The number of carbonyl (C=O) groups excluding carboxylic acids is 1. The Balaban J connectivity index is 1.70. The van der Waals surface area contributed by atoms with Crippen LogP contribution in [-0.2, 0) is 15.5 Å². The average Bonchev–Trinajstić information content (AvgIpc) is 2.90. The molecular formula is C21H24F2N6O2S. The molecule has 0 saturated carbocycles. The van der Waals surface area contributed by atoms with Crippen molar-refractivity contribution in [1.82, 2.24) is 9.29 Å². The molecule has 4 rings (SSSR count). The largest absolute Gasteiger partial charge is 0.369 e. The zero-order valence-corrected chi connectivity index (χ0v) is 18.6. The molecular weight excluding hydrogens is 438 g/mol. The fraction of sp³-hybridized carbons (Fsp3) is 0.381. The Morgan fingerprint density at radius 1 is 1.28 bits per heavy atom. The predicted octanol–water partition coefficient (Wildman–Crippen LogP) is 2.94. The maximum atomic E-state index is 14.9. The van der Waals surface area contributed by atoms with Crippen molar-refractivity contribution in [2.45, 2.75) is 32.2 Å². The average molecular weight is 463 g/mol. The standard InChI is InChI=1S/C21H24F2N6O2S/c1-13-9-14(22)11-25-18(13)19(30)27-15-5-6-17(23)16(10-15)21(2)12-32(31)26-7-3-4-8-29(32)20(24)28-21/h5-6,9-11H,3-4,7-8,12H2,1-2H3,(H2,24,28)(H,27,30)/t21-,32+/m0/s1. The fourth-order valence-corrected chi connectivity index (χ4v) is 6.50. The van der Waals surface area contributed by atoms with Crippen LogP contribution >= 0.6 is 0 Å². The van der Waals surface area contributed by atoms with Gasteiger partial charge in [0.15, 0.2) is 0 Å². The number of halogens is 2. The molecule has 2 atom stereocenters. The monoisotopic (exact) mass is 462 g/mol. The minimum absolute atomic E-state index is 0.0202. The van der Waals surface area contributed by atoms with E-state index in [1.807, 2.05) is 0 Å². The molecule has 0 unspecified atom stereocenters. The van der Waals surface area contributed by atoms with Crippen LogP contribution in [0.1, 0.15) is 41.4 Å². The van der Waals surface area contributed by atoms with Gasteiger partial charge >= 0.3 is 0 Å². The molecule has 1 amide bonds. The minimum atomic E-state index is -2.88. The zero-order chi connectivity index (χ0) is 23.1. The second-order valence-electron chi connectivity index (χ2n) is 8.12. The number of nitrogens with one attached hydrogen (secondary N) is 1. The highest BCUT2D eigenvalue weighted by Gasteiger charge is 2.42. The molecule has 170 valence electrons. The molecule has 0 bridgehead atoms. The van der Waals surface area contributed by atoms with Crippen LogP contribution < -0.4 is 11.1 Å². The molecule has 11 heteroatoms. The normalized spacial score (nSPS) is 25.2. The third kappa shape index (κ3) is 4.04. The summed E-state index contributed by atoms with van der Waals surface area (Å²) >= 11 is 0. The van der Waals surface area contributed by atoms with Crippen molar-refractivity contribution in [3.8, 4) is 0 Å². The first-order valence-corrected chi connectivity index (χ1v) is 11.8. The summed E-state index contributed by atoms with van der Waals surface area (Å²) in [6, 6.07) is 5.25. The van der Waals surface area contributed by atoms with E-state index in [1.165, 1.54) is 28.6 Å². The van der Waals surface area contributed by atoms with E-state index in [1.54, 1.807) is 13.8 Å². The van der Waals surface area contributed by atoms with Crippen LogP contribution in [0.2, 0.25) is 0 Å².